The second-order valence-electron chi connectivity index (χ2n) is 7.81. The Kier molecular flexibility index (Phi) is 3.09. The smallest absolute Gasteiger partial charge is 0.229 e. The minimum Gasteiger partial charge on any atom is -0.309 e. The van der Waals surface area contributed by atoms with Gasteiger partial charge in [0.2, 0.25) is 5.91 Å². The summed E-state index contributed by atoms with van der Waals surface area (Å²) < 4.78 is 0. The summed E-state index contributed by atoms with van der Waals surface area (Å²) in [5, 5.41) is 10.3. The zero-order valence-electron chi connectivity index (χ0n) is 12.9. The van der Waals surface area contributed by atoms with E-state index in [-0.39, 0.29) is 11.8 Å². The molecule has 0 aliphatic heterocycles. The summed E-state index contributed by atoms with van der Waals surface area (Å²) in [6.45, 7) is 4.24. The quantitative estimate of drug-likeness (QED) is 0.893. The van der Waals surface area contributed by atoms with E-state index in [1.807, 2.05) is 6.07 Å². The third kappa shape index (κ3) is 2.29. The first-order valence-corrected chi connectivity index (χ1v) is 8.46. The maximum atomic E-state index is 12.7. The van der Waals surface area contributed by atoms with E-state index in [1.54, 1.807) is 0 Å². The first kappa shape index (κ1) is 13.4. The monoisotopic (exact) mass is 287 g/mol. The maximum Gasteiger partial charge on any atom is 0.229 e. The molecule has 0 spiro atoms. The van der Waals surface area contributed by atoms with Crippen LogP contribution in [0.15, 0.2) is 6.07 Å². The number of amides is 1. The van der Waals surface area contributed by atoms with E-state index < -0.39 is 0 Å². The van der Waals surface area contributed by atoms with E-state index in [2.05, 4.69) is 29.4 Å². The van der Waals surface area contributed by atoms with Crippen molar-refractivity contribution in [3.63, 3.8) is 0 Å². The molecule has 4 saturated carbocycles. The van der Waals surface area contributed by atoms with Gasteiger partial charge < -0.3 is 5.32 Å². The van der Waals surface area contributed by atoms with Gasteiger partial charge in [0.05, 0.1) is 0 Å². The van der Waals surface area contributed by atoms with Crippen molar-refractivity contribution < 1.29 is 4.79 Å². The first-order valence-electron chi connectivity index (χ1n) is 8.46. The highest BCUT2D eigenvalue weighted by Crippen LogP contribution is 2.56. The Hall–Kier alpha value is -1.32. The van der Waals surface area contributed by atoms with Crippen LogP contribution in [0.5, 0.6) is 0 Å². The molecule has 4 heteroatoms. The van der Waals surface area contributed by atoms with E-state index in [0.29, 0.717) is 23.6 Å². The number of aromatic amines is 1. The van der Waals surface area contributed by atoms with Crippen LogP contribution in [0.25, 0.3) is 0 Å². The molecule has 1 aromatic rings. The molecule has 4 aliphatic rings. The molecule has 5 rings (SSSR count). The van der Waals surface area contributed by atoms with Gasteiger partial charge in [0.25, 0.3) is 0 Å². The standard InChI is InChI=1S/C17H25N3O/c1-9(2)14-8-15(20-19-14)18-17(21)16-12-4-10-3-11(6-12)7-13(16)5-10/h8-13,16H,3-7H2,1-2H3,(H2,18,19,20,21). The number of carbonyl (C=O) groups excluding carboxylic acids is 1. The zero-order valence-corrected chi connectivity index (χ0v) is 12.9. The highest BCUT2D eigenvalue weighted by atomic mass is 16.2. The van der Waals surface area contributed by atoms with Crippen molar-refractivity contribution in [3.05, 3.63) is 11.8 Å². The van der Waals surface area contributed by atoms with Crippen molar-refractivity contribution in [2.24, 2.45) is 29.6 Å². The van der Waals surface area contributed by atoms with Crippen LogP contribution in [0.1, 0.15) is 57.6 Å². The Morgan fingerprint density at radius 3 is 2.33 bits per heavy atom. The lowest BCUT2D eigenvalue weighted by Gasteiger charge is -2.53. The number of hydrogen-bond acceptors (Lipinski definition) is 2. The number of nitrogens with zero attached hydrogens (tertiary/aromatic N) is 1. The Morgan fingerprint density at radius 1 is 1.19 bits per heavy atom. The van der Waals surface area contributed by atoms with Crippen molar-refractivity contribution in [2.75, 3.05) is 5.32 Å². The zero-order chi connectivity index (χ0) is 14.6. The SMILES string of the molecule is CC(C)c1cc(NC(=O)C2C3CC4CC(C3)CC2C4)n[nH]1. The fourth-order valence-corrected chi connectivity index (χ4v) is 5.26. The second kappa shape index (κ2) is 4.85. The van der Waals surface area contributed by atoms with Gasteiger partial charge in [-0.05, 0) is 61.7 Å². The molecule has 114 valence electrons. The topological polar surface area (TPSA) is 57.8 Å². The van der Waals surface area contributed by atoms with E-state index in [4.69, 9.17) is 0 Å². The molecule has 2 N–H and O–H groups in total. The summed E-state index contributed by atoms with van der Waals surface area (Å²) >= 11 is 0. The third-order valence-electron chi connectivity index (χ3n) is 6.00. The van der Waals surface area contributed by atoms with Crippen molar-refractivity contribution in [2.45, 2.75) is 51.9 Å². The van der Waals surface area contributed by atoms with Gasteiger partial charge in [-0.15, -0.1) is 0 Å². The van der Waals surface area contributed by atoms with Gasteiger partial charge in [0, 0.05) is 17.7 Å². The van der Waals surface area contributed by atoms with Gasteiger partial charge in [-0.1, -0.05) is 13.8 Å². The van der Waals surface area contributed by atoms with E-state index >= 15 is 0 Å². The van der Waals surface area contributed by atoms with Gasteiger partial charge >= 0.3 is 0 Å². The number of hydrogen-bond donors (Lipinski definition) is 2. The number of aromatic nitrogens is 2. The molecular weight excluding hydrogens is 262 g/mol. The average molecular weight is 287 g/mol. The second-order valence-corrected chi connectivity index (χ2v) is 7.81. The maximum absolute atomic E-state index is 12.7. The molecule has 1 aromatic heterocycles. The molecule has 4 aliphatic carbocycles. The molecule has 0 atom stereocenters. The van der Waals surface area contributed by atoms with Crippen LogP contribution in [-0.4, -0.2) is 16.1 Å². The molecule has 4 bridgehead atoms. The first-order chi connectivity index (χ1) is 10.1. The summed E-state index contributed by atoms with van der Waals surface area (Å²) in [4.78, 5) is 12.7. The van der Waals surface area contributed by atoms with Gasteiger partial charge in [-0.3, -0.25) is 9.89 Å². The summed E-state index contributed by atoms with van der Waals surface area (Å²) in [7, 11) is 0. The fraction of sp³-hybridized carbons (Fsp3) is 0.765. The van der Waals surface area contributed by atoms with Crippen molar-refractivity contribution in [1.29, 1.82) is 0 Å². The average Bonchev–Trinajstić information content (AvgIpc) is 2.86. The number of nitrogens with one attached hydrogen (secondary N) is 2. The molecule has 21 heavy (non-hydrogen) atoms. The van der Waals surface area contributed by atoms with Gasteiger partial charge in [0.15, 0.2) is 5.82 Å². The van der Waals surface area contributed by atoms with Crippen LogP contribution >= 0.6 is 0 Å². The predicted molar refractivity (Wildman–Crippen MR) is 81.8 cm³/mol. The minimum absolute atomic E-state index is 0.214. The van der Waals surface area contributed by atoms with Crippen LogP contribution in [0.3, 0.4) is 0 Å². The fourth-order valence-electron chi connectivity index (χ4n) is 5.26. The van der Waals surface area contributed by atoms with Gasteiger partial charge in [-0.25, -0.2) is 0 Å². The number of rotatable bonds is 3. The van der Waals surface area contributed by atoms with Crippen molar-refractivity contribution in [1.82, 2.24) is 10.2 Å². The van der Waals surface area contributed by atoms with Crippen LogP contribution < -0.4 is 5.32 Å². The summed E-state index contributed by atoms with van der Waals surface area (Å²) in [5.74, 6) is 4.63. The summed E-state index contributed by atoms with van der Waals surface area (Å²) in [6, 6.07) is 1.97. The lowest BCUT2D eigenvalue weighted by atomic mass is 9.51. The Morgan fingerprint density at radius 2 is 1.81 bits per heavy atom. The summed E-state index contributed by atoms with van der Waals surface area (Å²) in [6.07, 6.45) is 6.55. The number of H-pyrrole nitrogens is 1. The highest BCUT2D eigenvalue weighted by molar-refractivity contribution is 5.92. The molecule has 4 nitrogen and oxygen atoms in total. The van der Waals surface area contributed by atoms with Crippen LogP contribution in [0.2, 0.25) is 0 Å². The normalized spacial score (nSPS) is 37.2. The van der Waals surface area contributed by atoms with Crippen molar-refractivity contribution >= 4 is 11.7 Å². The lowest BCUT2D eigenvalue weighted by molar-refractivity contribution is -0.132. The Balaban J connectivity index is 1.47. The Bertz CT molecular complexity index is 520. The van der Waals surface area contributed by atoms with Crippen LogP contribution in [0.4, 0.5) is 5.82 Å². The molecule has 0 radical (unpaired) electrons. The molecule has 0 unspecified atom stereocenters. The van der Waals surface area contributed by atoms with Crippen molar-refractivity contribution in [3.8, 4) is 0 Å². The Labute approximate surface area is 126 Å². The molecule has 4 fully saturated rings. The molecular formula is C17H25N3O. The van der Waals surface area contributed by atoms with Crippen LogP contribution in [-0.2, 0) is 4.79 Å². The third-order valence-corrected chi connectivity index (χ3v) is 6.00. The number of anilines is 1. The largest absolute Gasteiger partial charge is 0.309 e. The van der Waals surface area contributed by atoms with E-state index in [9.17, 15) is 4.79 Å². The minimum atomic E-state index is 0.214. The molecule has 0 saturated heterocycles. The van der Waals surface area contributed by atoms with E-state index in [0.717, 1.165) is 17.5 Å². The lowest BCUT2D eigenvalue weighted by Crippen LogP contribution is -2.49. The molecule has 1 amide bonds. The van der Waals surface area contributed by atoms with Gasteiger partial charge in [-0.2, -0.15) is 5.10 Å². The predicted octanol–water partition coefficient (Wildman–Crippen LogP) is 3.54. The van der Waals surface area contributed by atoms with Gasteiger partial charge in [0.1, 0.15) is 0 Å². The highest BCUT2D eigenvalue weighted by Gasteiger charge is 2.50. The van der Waals surface area contributed by atoms with E-state index in [1.165, 1.54) is 32.1 Å². The molecule has 0 aromatic carbocycles. The van der Waals surface area contributed by atoms with Crippen LogP contribution in [0, 0.1) is 29.6 Å². The summed E-state index contributed by atoms with van der Waals surface area (Å²) in [5.41, 5.74) is 1.08. The number of carbonyl (C=O) groups is 1. The molecule has 1 heterocycles.